The summed E-state index contributed by atoms with van der Waals surface area (Å²) < 4.78 is 0. The van der Waals surface area contributed by atoms with Crippen LogP contribution in [0.2, 0.25) is 0 Å². The molecule has 0 spiro atoms. The molecule has 0 amide bonds. The maximum absolute atomic E-state index is 2.52. The van der Waals surface area contributed by atoms with Crippen LogP contribution in [0.1, 0.15) is 254 Å². The van der Waals surface area contributed by atoms with E-state index in [-0.39, 0.29) is 0 Å². The average molecular weight is 645 g/mol. The minimum Gasteiger partial charge on any atom is -0.0654 e. The van der Waals surface area contributed by atoms with Crippen molar-refractivity contribution < 1.29 is 0 Å². The summed E-state index contributed by atoms with van der Waals surface area (Å²) in [5.74, 6) is 6.88. The van der Waals surface area contributed by atoms with Gasteiger partial charge in [0.15, 0.2) is 0 Å². The molecule has 0 saturated heterocycles. The Kier molecular flexibility index (Phi) is 29.7. The van der Waals surface area contributed by atoms with E-state index in [9.17, 15) is 0 Å². The molecule has 0 N–H and O–H groups in total. The summed E-state index contributed by atoms with van der Waals surface area (Å²) in [5, 5.41) is 0. The van der Waals surface area contributed by atoms with Crippen LogP contribution in [0.15, 0.2) is 0 Å². The van der Waals surface area contributed by atoms with Gasteiger partial charge in [0.2, 0.25) is 0 Å². The second-order valence-electron chi connectivity index (χ2n) is 17.6. The quantitative estimate of drug-likeness (QED) is 0.0624. The lowest BCUT2D eigenvalue weighted by Gasteiger charge is -2.30. The van der Waals surface area contributed by atoms with Crippen molar-refractivity contribution in [1.82, 2.24) is 0 Å². The zero-order valence-electron chi connectivity index (χ0n) is 33.7. The predicted molar refractivity (Wildman–Crippen MR) is 212 cm³/mol. The Morgan fingerprint density at radius 1 is 0.413 bits per heavy atom. The van der Waals surface area contributed by atoms with Crippen molar-refractivity contribution in [3.05, 3.63) is 0 Å². The van der Waals surface area contributed by atoms with Gasteiger partial charge in [-0.05, 0) is 47.8 Å². The molecule has 1 rings (SSSR count). The van der Waals surface area contributed by atoms with Gasteiger partial charge in [0.25, 0.3) is 0 Å². The van der Waals surface area contributed by atoms with Gasteiger partial charge in [0.1, 0.15) is 0 Å². The molecule has 1 aliphatic carbocycles. The molecular weight excluding hydrogens is 553 g/mol. The molecule has 46 heavy (non-hydrogen) atoms. The molecule has 0 nitrogen and oxygen atoms in total. The standard InChI is InChI=1S/C46H92/c1-8-11-29-42(7)31-22-24-37-45(36-21-17-16-19-30-41(6)27-9-2)46(35-20-15-13-12-14-18-28-40(4)5)38-25-23-32-44-34-26-33-43(10-3)39-44/h40-46H,8-39H2,1-7H3. The summed E-state index contributed by atoms with van der Waals surface area (Å²) in [6.07, 6.45) is 47.5. The van der Waals surface area contributed by atoms with Crippen molar-refractivity contribution in [1.29, 1.82) is 0 Å². The maximum Gasteiger partial charge on any atom is -0.0386 e. The van der Waals surface area contributed by atoms with Crippen molar-refractivity contribution in [2.45, 2.75) is 254 Å². The van der Waals surface area contributed by atoms with E-state index in [0.717, 1.165) is 41.4 Å². The number of rotatable bonds is 33. The monoisotopic (exact) mass is 645 g/mol. The van der Waals surface area contributed by atoms with Gasteiger partial charge < -0.3 is 0 Å². The lowest BCUT2D eigenvalue weighted by molar-refractivity contribution is 0.222. The van der Waals surface area contributed by atoms with Crippen LogP contribution in [0, 0.1) is 41.4 Å². The highest BCUT2D eigenvalue weighted by atomic mass is 14.3. The fourth-order valence-electron chi connectivity index (χ4n) is 9.26. The third-order valence-corrected chi connectivity index (χ3v) is 12.6. The normalized spacial score (nSPS) is 19.8. The molecule has 0 aromatic heterocycles. The van der Waals surface area contributed by atoms with E-state index in [1.54, 1.807) is 19.3 Å². The van der Waals surface area contributed by atoms with Crippen LogP contribution in [0.25, 0.3) is 0 Å². The third kappa shape index (κ3) is 25.0. The first-order chi connectivity index (χ1) is 22.4. The molecule has 0 aromatic carbocycles. The molecule has 0 heterocycles. The largest absolute Gasteiger partial charge is 0.0654 e. The Morgan fingerprint density at radius 3 is 1.39 bits per heavy atom. The molecule has 1 aliphatic rings. The summed E-state index contributed by atoms with van der Waals surface area (Å²) >= 11 is 0. The van der Waals surface area contributed by atoms with E-state index in [1.807, 2.05) is 0 Å². The van der Waals surface area contributed by atoms with Crippen LogP contribution in [0.4, 0.5) is 0 Å². The molecule has 6 unspecified atom stereocenters. The van der Waals surface area contributed by atoms with Gasteiger partial charge in [0.05, 0.1) is 0 Å². The number of hydrogen-bond acceptors (Lipinski definition) is 0. The predicted octanol–water partition coefficient (Wildman–Crippen LogP) is 16.9. The van der Waals surface area contributed by atoms with Crippen LogP contribution in [-0.2, 0) is 0 Å². The summed E-state index contributed by atoms with van der Waals surface area (Å²) in [4.78, 5) is 0. The minimum atomic E-state index is 0.882. The van der Waals surface area contributed by atoms with E-state index < -0.39 is 0 Å². The van der Waals surface area contributed by atoms with Crippen molar-refractivity contribution in [2.24, 2.45) is 41.4 Å². The van der Waals surface area contributed by atoms with E-state index in [2.05, 4.69) is 48.5 Å². The number of hydrogen-bond donors (Lipinski definition) is 0. The molecule has 1 saturated carbocycles. The Balaban J connectivity index is 2.67. The van der Waals surface area contributed by atoms with Crippen LogP contribution in [0.5, 0.6) is 0 Å². The third-order valence-electron chi connectivity index (χ3n) is 12.6. The minimum absolute atomic E-state index is 0.882. The topological polar surface area (TPSA) is 0 Å². The lowest BCUT2D eigenvalue weighted by atomic mass is 9.76. The lowest BCUT2D eigenvalue weighted by Crippen LogP contribution is -2.17. The highest BCUT2D eigenvalue weighted by molar-refractivity contribution is 4.75. The van der Waals surface area contributed by atoms with Crippen LogP contribution in [-0.4, -0.2) is 0 Å². The van der Waals surface area contributed by atoms with Crippen LogP contribution < -0.4 is 0 Å². The summed E-state index contributed by atoms with van der Waals surface area (Å²) in [7, 11) is 0. The molecule has 276 valence electrons. The maximum atomic E-state index is 2.52. The van der Waals surface area contributed by atoms with Gasteiger partial charge in [0, 0.05) is 0 Å². The van der Waals surface area contributed by atoms with E-state index in [0.29, 0.717) is 0 Å². The molecule has 0 aliphatic heterocycles. The van der Waals surface area contributed by atoms with E-state index in [4.69, 9.17) is 0 Å². The fourth-order valence-corrected chi connectivity index (χ4v) is 9.26. The van der Waals surface area contributed by atoms with Gasteiger partial charge in [-0.2, -0.15) is 0 Å². The zero-order valence-corrected chi connectivity index (χ0v) is 33.7. The van der Waals surface area contributed by atoms with Crippen LogP contribution in [0.3, 0.4) is 0 Å². The first-order valence-corrected chi connectivity index (χ1v) is 22.4. The smallest absolute Gasteiger partial charge is 0.0386 e. The molecule has 6 atom stereocenters. The van der Waals surface area contributed by atoms with Crippen molar-refractivity contribution in [3.63, 3.8) is 0 Å². The second kappa shape index (κ2) is 31.0. The molecule has 0 bridgehead atoms. The van der Waals surface area contributed by atoms with Crippen molar-refractivity contribution >= 4 is 0 Å². The number of unbranched alkanes of at least 4 members (excludes halogenated alkanes) is 11. The van der Waals surface area contributed by atoms with E-state index >= 15 is 0 Å². The fraction of sp³-hybridized carbons (Fsp3) is 1.00. The van der Waals surface area contributed by atoms with Crippen molar-refractivity contribution in [2.75, 3.05) is 0 Å². The molecular formula is C46H92. The second-order valence-corrected chi connectivity index (χ2v) is 17.6. The van der Waals surface area contributed by atoms with Gasteiger partial charge in [-0.1, -0.05) is 248 Å². The van der Waals surface area contributed by atoms with Gasteiger partial charge in [-0.25, -0.2) is 0 Å². The zero-order chi connectivity index (χ0) is 33.7. The van der Waals surface area contributed by atoms with Gasteiger partial charge >= 0.3 is 0 Å². The summed E-state index contributed by atoms with van der Waals surface area (Å²) in [5.41, 5.74) is 0. The molecule has 1 fully saturated rings. The van der Waals surface area contributed by atoms with Gasteiger partial charge in [-0.3, -0.25) is 0 Å². The first-order valence-electron chi connectivity index (χ1n) is 22.4. The molecule has 0 aromatic rings. The molecule has 0 radical (unpaired) electrons. The van der Waals surface area contributed by atoms with Gasteiger partial charge in [-0.15, -0.1) is 0 Å². The molecule has 0 heteroatoms. The van der Waals surface area contributed by atoms with Crippen molar-refractivity contribution in [3.8, 4) is 0 Å². The first kappa shape index (κ1) is 44.0. The SMILES string of the molecule is CCCCC(C)CCCCC(CCCCCCC(C)CCC)C(CCCCCCCCC(C)C)CCCCC1CCCC(CC)C1. The highest BCUT2D eigenvalue weighted by Crippen LogP contribution is 2.36. The Hall–Kier alpha value is 0. The Bertz CT molecular complexity index is 605. The van der Waals surface area contributed by atoms with Crippen LogP contribution >= 0.6 is 0 Å². The average Bonchev–Trinajstić information content (AvgIpc) is 3.04. The summed E-state index contributed by atoms with van der Waals surface area (Å²) in [6, 6.07) is 0. The highest BCUT2D eigenvalue weighted by Gasteiger charge is 2.23. The van der Waals surface area contributed by atoms with E-state index in [1.165, 1.54) is 186 Å². The summed E-state index contributed by atoms with van der Waals surface area (Å²) in [6.45, 7) is 16.9. The Morgan fingerprint density at radius 2 is 0.848 bits per heavy atom. The Labute approximate surface area is 294 Å².